The van der Waals surface area contributed by atoms with E-state index in [2.05, 4.69) is 15.6 Å². The van der Waals surface area contributed by atoms with Gasteiger partial charge in [-0.3, -0.25) is 4.79 Å². The fraction of sp³-hybridized carbons (Fsp3) is 0.474. The molecule has 2 heterocycles. The van der Waals surface area contributed by atoms with E-state index < -0.39 is 11.7 Å². The molecule has 0 radical (unpaired) electrons. The summed E-state index contributed by atoms with van der Waals surface area (Å²) < 4.78 is 6.86. The van der Waals surface area contributed by atoms with Crippen molar-refractivity contribution >= 4 is 12.0 Å². The fourth-order valence-corrected chi connectivity index (χ4v) is 2.93. The molecule has 0 spiro atoms. The molecule has 144 valence electrons. The summed E-state index contributed by atoms with van der Waals surface area (Å²) in [5.41, 5.74) is 0.646. The number of benzene rings is 1. The molecule has 1 aromatic heterocycles. The van der Waals surface area contributed by atoms with E-state index in [0.29, 0.717) is 31.6 Å². The predicted octanol–water partition coefficient (Wildman–Crippen LogP) is 2.40. The van der Waals surface area contributed by atoms with Gasteiger partial charge in [-0.25, -0.2) is 9.48 Å². The number of alkyl carbamates (subject to hydrolysis) is 1. The topological polar surface area (TPSA) is 89.4 Å². The minimum Gasteiger partial charge on any atom is -0.444 e. The maximum absolute atomic E-state index is 12.7. The summed E-state index contributed by atoms with van der Waals surface area (Å²) >= 11 is 0. The molecule has 0 atom stereocenters. The van der Waals surface area contributed by atoms with Crippen molar-refractivity contribution in [2.24, 2.45) is 0 Å². The first kappa shape index (κ1) is 18.9. The van der Waals surface area contributed by atoms with Crippen molar-refractivity contribution in [2.45, 2.75) is 45.3 Å². The zero-order valence-electron chi connectivity index (χ0n) is 15.9. The van der Waals surface area contributed by atoms with Gasteiger partial charge in [-0.1, -0.05) is 23.4 Å². The Labute approximate surface area is 158 Å². The monoisotopic (exact) mass is 371 g/mol. The van der Waals surface area contributed by atoms with E-state index >= 15 is 0 Å². The number of para-hydroxylation sites is 1. The highest BCUT2D eigenvalue weighted by molar-refractivity contribution is 5.92. The molecule has 1 saturated heterocycles. The van der Waals surface area contributed by atoms with Gasteiger partial charge in [0.15, 0.2) is 5.69 Å². The van der Waals surface area contributed by atoms with Crippen LogP contribution in [0.4, 0.5) is 4.79 Å². The van der Waals surface area contributed by atoms with Gasteiger partial charge < -0.3 is 15.0 Å². The van der Waals surface area contributed by atoms with Crippen LogP contribution in [0.5, 0.6) is 0 Å². The van der Waals surface area contributed by atoms with Crippen LogP contribution in [0.3, 0.4) is 0 Å². The van der Waals surface area contributed by atoms with Crippen LogP contribution >= 0.6 is 0 Å². The Bertz CT molecular complexity index is 789. The molecule has 1 aromatic carbocycles. The average Bonchev–Trinajstić information content (AvgIpc) is 3.11. The molecule has 1 N–H and O–H groups in total. The number of amides is 2. The lowest BCUT2D eigenvalue weighted by molar-refractivity contribution is 0.0473. The third-order valence-corrected chi connectivity index (χ3v) is 4.24. The third kappa shape index (κ3) is 5.06. The van der Waals surface area contributed by atoms with E-state index in [1.807, 2.05) is 51.1 Å². The Morgan fingerprint density at radius 1 is 1.15 bits per heavy atom. The average molecular weight is 371 g/mol. The molecule has 8 heteroatoms. The second-order valence-electron chi connectivity index (χ2n) is 7.60. The van der Waals surface area contributed by atoms with E-state index in [1.165, 1.54) is 0 Å². The molecular weight excluding hydrogens is 346 g/mol. The lowest BCUT2D eigenvalue weighted by Gasteiger charge is -2.32. The maximum atomic E-state index is 12.7. The molecule has 1 fully saturated rings. The number of likely N-dealkylation sites (tertiary alicyclic amines) is 1. The van der Waals surface area contributed by atoms with Crippen molar-refractivity contribution in [1.82, 2.24) is 25.2 Å². The van der Waals surface area contributed by atoms with Crippen LogP contribution in [0, 0.1) is 0 Å². The van der Waals surface area contributed by atoms with E-state index in [-0.39, 0.29) is 11.9 Å². The smallest absolute Gasteiger partial charge is 0.407 e. The molecular formula is C19H25N5O3. The van der Waals surface area contributed by atoms with Gasteiger partial charge in [-0.2, -0.15) is 0 Å². The van der Waals surface area contributed by atoms with E-state index in [9.17, 15) is 9.59 Å². The van der Waals surface area contributed by atoms with Crippen molar-refractivity contribution in [3.05, 3.63) is 42.2 Å². The summed E-state index contributed by atoms with van der Waals surface area (Å²) in [6.45, 7) is 6.60. The largest absolute Gasteiger partial charge is 0.444 e. The van der Waals surface area contributed by atoms with E-state index in [4.69, 9.17) is 4.74 Å². The summed E-state index contributed by atoms with van der Waals surface area (Å²) in [7, 11) is 0. The second kappa shape index (κ2) is 7.77. The van der Waals surface area contributed by atoms with Crippen LogP contribution < -0.4 is 5.32 Å². The Balaban J connectivity index is 1.53. The van der Waals surface area contributed by atoms with Gasteiger partial charge in [0.05, 0.1) is 11.9 Å². The van der Waals surface area contributed by atoms with Gasteiger partial charge in [0, 0.05) is 19.1 Å². The maximum Gasteiger partial charge on any atom is 0.407 e. The molecule has 0 unspecified atom stereocenters. The Morgan fingerprint density at radius 2 is 1.81 bits per heavy atom. The number of rotatable bonds is 3. The van der Waals surface area contributed by atoms with E-state index in [0.717, 1.165) is 5.69 Å². The van der Waals surface area contributed by atoms with Crippen molar-refractivity contribution in [3.8, 4) is 5.69 Å². The summed E-state index contributed by atoms with van der Waals surface area (Å²) in [5, 5.41) is 10.9. The van der Waals surface area contributed by atoms with Crippen LogP contribution in [-0.2, 0) is 4.74 Å². The number of aromatic nitrogens is 3. The number of hydrogen-bond donors (Lipinski definition) is 1. The first-order valence-electron chi connectivity index (χ1n) is 9.08. The summed E-state index contributed by atoms with van der Waals surface area (Å²) in [5.74, 6) is -0.145. The minimum atomic E-state index is -0.522. The first-order chi connectivity index (χ1) is 12.8. The minimum absolute atomic E-state index is 0.00361. The van der Waals surface area contributed by atoms with Gasteiger partial charge in [-0.05, 0) is 45.7 Å². The third-order valence-electron chi connectivity index (χ3n) is 4.24. The Kier molecular flexibility index (Phi) is 5.43. The number of piperidine rings is 1. The number of ether oxygens (including phenoxy) is 1. The highest BCUT2D eigenvalue weighted by Gasteiger charge is 2.27. The van der Waals surface area contributed by atoms with Crippen LogP contribution in [0.25, 0.3) is 5.69 Å². The van der Waals surface area contributed by atoms with Crippen molar-refractivity contribution in [2.75, 3.05) is 13.1 Å². The molecule has 0 saturated carbocycles. The first-order valence-corrected chi connectivity index (χ1v) is 9.08. The fourth-order valence-electron chi connectivity index (χ4n) is 2.93. The molecule has 0 aliphatic carbocycles. The zero-order chi connectivity index (χ0) is 19.4. The van der Waals surface area contributed by atoms with Gasteiger partial charge in [0.25, 0.3) is 5.91 Å². The van der Waals surface area contributed by atoms with E-state index in [1.54, 1.807) is 15.8 Å². The number of hydrogen-bond acceptors (Lipinski definition) is 5. The number of carbonyl (C=O) groups excluding carboxylic acids is 2. The normalized spacial score (nSPS) is 15.4. The summed E-state index contributed by atoms with van der Waals surface area (Å²) in [4.78, 5) is 26.3. The summed E-state index contributed by atoms with van der Waals surface area (Å²) in [6, 6.07) is 9.53. The van der Waals surface area contributed by atoms with Gasteiger partial charge in [0.2, 0.25) is 0 Å². The SMILES string of the molecule is CC(C)(C)OC(=O)NC1CCN(C(=O)c2cn(-c3ccccc3)nn2)CC1. The number of carbonyl (C=O) groups is 2. The molecule has 3 rings (SSSR count). The molecule has 27 heavy (non-hydrogen) atoms. The van der Waals surface area contributed by atoms with Crippen LogP contribution in [0.1, 0.15) is 44.1 Å². The van der Waals surface area contributed by atoms with Crippen molar-refractivity contribution in [1.29, 1.82) is 0 Å². The quantitative estimate of drug-likeness (QED) is 0.895. The number of nitrogens with zero attached hydrogens (tertiary/aromatic N) is 4. The lowest BCUT2D eigenvalue weighted by atomic mass is 10.0. The molecule has 1 aliphatic rings. The van der Waals surface area contributed by atoms with Crippen LogP contribution in [0.2, 0.25) is 0 Å². The number of nitrogens with one attached hydrogen (secondary N) is 1. The molecule has 1 aliphatic heterocycles. The lowest BCUT2D eigenvalue weighted by Crippen LogP contribution is -2.47. The summed E-state index contributed by atoms with van der Waals surface area (Å²) in [6.07, 6.45) is 2.58. The molecule has 0 bridgehead atoms. The second-order valence-corrected chi connectivity index (χ2v) is 7.60. The molecule has 8 nitrogen and oxygen atoms in total. The predicted molar refractivity (Wildman–Crippen MR) is 99.7 cm³/mol. The van der Waals surface area contributed by atoms with Gasteiger partial charge in [0.1, 0.15) is 5.60 Å². The molecule has 2 aromatic rings. The van der Waals surface area contributed by atoms with Crippen molar-refractivity contribution < 1.29 is 14.3 Å². The van der Waals surface area contributed by atoms with Crippen molar-refractivity contribution in [3.63, 3.8) is 0 Å². The van der Waals surface area contributed by atoms with Gasteiger partial charge >= 0.3 is 6.09 Å². The Hall–Kier alpha value is -2.90. The van der Waals surface area contributed by atoms with Gasteiger partial charge in [-0.15, -0.1) is 5.10 Å². The molecule has 2 amide bonds. The highest BCUT2D eigenvalue weighted by Crippen LogP contribution is 2.15. The standard InChI is InChI=1S/C19H25N5O3/c1-19(2,3)27-18(26)20-14-9-11-23(12-10-14)17(25)16-13-24(22-21-16)15-7-5-4-6-8-15/h4-8,13-14H,9-12H2,1-3H3,(H,20,26). The highest BCUT2D eigenvalue weighted by atomic mass is 16.6. The zero-order valence-corrected chi connectivity index (χ0v) is 15.9. The Morgan fingerprint density at radius 3 is 2.44 bits per heavy atom. The van der Waals surface area contributed by atoms with Crippen LogP contribution in [-0.4, -0.2) is 56.6 Å². The van der Waals surface area contributed by atoms with Crippen LogP contribution in [0.15, 0.2) is 36.5 Å².